The Morgan fingerprint density at radius 1 is 1.19 bits per heavy atom. The summed E-state index contributed by atoms with van der Waals surface area (Å²) >= 11 is 6.31. The van der Waals surface area contributed by atoms with Crippen molar-refractivity contribution >= 4 is 11.6 Å². The zero-order valence-electron chi connectivity index (χ0n) is 12.5. The van der Waals surface area contributed by atoms with Crippen molar-refractivity contribution in [2.24, 2.45) is 17.3 Å². The van der Waals surface area contributed by atoms with Gasteiger partial charge in [-0.2, -0.15) is 0 Å². The summed E-state index contributed by atoms with van der Waals surface area (Å²) in [5.41, 5.74) is 2.65. The molecule has 0 heterocycles. The normalized spacial score (nSPS) is 41.3. The van der Waals surface area contributed by atoms with Gasteiger partial charge in [0.2, 0.25) is 0 Å². The quantitative estimate of drug-likeness (QED) is 0.752. The van der Waals surface area contributed by atoms with E-state index < -0.39 is 0 Å². The summed E-state index contributed by atoms with van der Waals surface area (Å²) in [6.45, 7) is 2.30. The van der Waals surface area contributed by atoms with Crippen molar-refractivity contribution in [3.8, 4) is 5.75 Å². The number of hydrogen-bond acceptors (Lipinski definition) is 2. The van der Waals surface area contributed by atoms with E-state index in [0.717, 1.165) is 32.1 Å². The van der Waals surface area contributed by atoms with Crippen molar-refractivity contribution in [1.82, 2.24) is 0 Å². The molecule has 0 aliphatic heterocycles. The lowest BCUT2D eigenvalue weighted by molar-refractivity contribution is -0.0226. The van der Waals surface area contributed by atoms with Gasteiger partial charge in [0.15, 0.2) is 0 Å². The van der Waals surface area contributed by atoms with Gasteiger partial charge < -0.3 is 10.2 Å². The molecular formula is C18H23ClO2. The van der Waals surface area contributed by atoms with E-state index in [1.807, 2.05) is 0 Å². The topological polar surface area (TPSA) is 40.5 Å². The Morgan fingerprint density at radius 3 is 2.81 bits per heavy atom. The summed E-state index contributed by atoms with van der Waals surface area (Å²) in [5, 5.41) is 20.8. The second-order valence-corrected chi connectivity index (χ2v) is 7.90. The number of fused-ring (bicyclic) bond motifs is 5. The number of phenolic OH excluding ortho intramolecular Hbond substituents is 1. The molecule has 0 amide bonds. The Labute approximate surface area is 131 Å². The summed E-state index contributed by atoms with van der Waals surface area (Å²) in [6, 6.07) is 3.84. The SMILES string of the molecule is C[C@]12CCC3c4ccc(O)c(Cl)c4CCC3C1CC[C@@H]2O. The highest BCUT2D eigenvalue weighted by Crippen LogP contribution is 2.61. The van der Waals surface area contributed by atoms with Crippen LogP contribution in [0.2, 0.25) is 5.02 Å². The van der Waals surface area contributed by atoms with E-state index in [1.165, 1.54) is 17.5 Å². The fraction of sp³-hybridized carbons (Fsp3) is 0.667. The average Bonchev–Trinajstić information content (AvgIpc) is 2.78. The number of rotatable bonds is 0. The molecule has 3 aliphatic rings. The van der Waals surface area contributed by atoms with Gasteiger partial charge >= 0.3 is 0 Å². The van der Waals surface area contributed by atoms with Gasteiger partial charge in [-0.1, -0.05) is 24.6 Å². The van der Waals surface area contributed by atoms with Crippen molar-refractivity contribution in [3.63, 3.8) is 0 Å². The van der Waals surface area contributed by atoms with Crippen LogP contribution in [-0.2, 0) is 6.42 Å². The molecule has 5 atom stereocenters. The van der Waals surface area contributed by atoms with E-state index in [2.05, 4.69) is 13.0 Å². The molecule has 0 aromatic heterocycles. The molecule has 114 valence electrons. The van der Waals surface area contributed by atoms with Crippen LogP contribution in [0.5, 0.6) is 5.75 Å². The van der Waals surface area contributed by atoms with Crippen LogP contribution in [0, 0.1) is 17.3 Å². The molecule has 0 spiro atoms. The fourth-order valence-corrected chi connectivity index (χ4v) is 5.85. The first-order chi connectivity index (χ1) is 10.0. The number of halogens is 1. The highest BCUT2D eigenvalue weighted by molar-refractivity contribution is 6.32. The number of aromatic hydroxyl groups is 1. The lowest BCUT2D eigenvalue weighted by Gasteiger charge is -2.50. The van der Waals surface area contributed by atoms with E-state index in [4.69, 9.17) is 11.6 Å². The summed E-state index contributed by atoms with van der Waals surface area (Å²) < 4.78 is 0. The maximum atomic E-state index is 10.4. The van der Waals surface area contributed by atoms with E-state index >= 15 is 0 Å². The van der Waals surface area contributed by atoms with Gasteiger partial charge in [0.1, 0.15) is 5.75 Å². The summed E-state index contributed by atoms with van der Waals surface area (Å²) in [5.74, 6) is 2.10. The molecule has 3 aliphatic carbocycles. The van der Waals surface area contributed by atoms with E-state index in [-0.39, 0.29) is 17.3 Å². The number of benzene rings is 1. The maximum absolute atomic E-state index is 10.4. The van der Waals surface area contributed by atoms with Gasteiger partial charge in [0.25, 0.3) is 0 Å². The molecule has 1 aromatic carbocycles. The van der Waals surface area contributed by atoms with Crippen LogP contribution in [0.25, 0.3) is 0 Å². The Hall–Kier alpha value is -0.730. The molecule has 3 heteroatoms. The molecule has 4 rings (SSSR count). The Morgan fingerprint density at radius 2 is 2.00 bits per heavy atom. The van der Waals surface area contributed by atoms with Gasteiger partial charge in [-0.05, 0) is 78.9 Å². The third-order valence-electron chi connectivity index (χ3n) is 6.77. The molecular weight excluding hydrogens is 284 g/mol. The lowest BCUT2D eigenvalue weighted by atomic mass is 9.55. The van der Waals surface area contributed by atoms with Crippen molar-refractivity contribution < 1.29 is 10.2 Å². The number of hydrogen-bond donors (Lipinski definition) is 2. The van der Waals surface area contributed by atoms with Crippen molar-refractivity contribution in [2.75, 3.05) is 0 Å². The minimum absolute atomic E-state index is 0.117. The van der Waals surface area contributed by atoms with Crippen molar-refractivity contribution in [3.05, 3.63) is 28.3 Å². The lowest BCUT2D eigenvalue weighted by Crippen LogP contribution is -2.43. The van der Waals surface area contributed by atoms with E-state index in [0.29, 0.717) is 22.8 Å². The first-order valence-corrected chi connectivity index (χ1v) is 8.58. The number of phenols is 1. The zero-order chi connectivity index (χ0) is 14.8. The largest absolute Gasteiger partial charge is 0.506 e. The molecule has 3 unspecified atom stereocenters. The monoisotopic (exact) mass is 306 g/mol. The summed E-state index contributed by atoms with van der Waals surface area (Å²) in [4.78, 5) is 0. The standard InChI is InChI=1S/C18H23ClO2/c1-18-9-8-11-10-4-6-15(20)17(19)13(10)3-2-12(11)14(18)5-7-16(18)21/h4,6,11-12,14,16,20-21H,2-3,5,7-9H2,1H3/t11?,12?,14?,16-,18-/m0/s1. The first kappa shape index (κ1) is 13.9. The highest BCUT2D eigenvalue weighted by atomic mass is 35.5. The molecule has 0 bridgehead atoms. The van der Waals surface area contributed by atoms with E-state index in [1.54, 1.807) is 6.07 Å². The number of aliphatic hydroxyl groups excluding tert-OH is 1. The molecule has 2 saturated carbocycles. The minimum Gasteiger partial charge on any atom is -0.506 e. The van der Waals surface area contributed by atoms with Crippen LogP contribution in [0.3, 0.4) is 0 Å². The molecule has 2 fully saturated rings. The van der Waals surface area contributed by atoms with Gasteiger partial charge in [0, 0.05) is 0 Å². The predicted octanol–water partition coefficient (Wildman–Crippen LogP) is 4.26. The summed E-state index contributed by atoms with van der Waals surface area (Å²) in [7, 11) is 0. The molecule has 2 N–H and O–H groups in total. The fourth-order valence-electron chi connectivity index (χ4n) is 5.58. The second-order valence-electron chi connectivity index (χ2n) is 7.52. The van der Waals surface area contributed by atoms with Crippen molar-refractivity contribution in [2.45, 2.75) is 57.5 Å². The third kappa shape index (κ3) is 1.82. The second kappa shape index (κ2) is 4.63. The zero-order valence-corrected chi connectivity index (χ0v) is 13.2. The van der Waals surface area contributed by atoms with Crippen LogP contribution in [0.4, 0.5) is 0 Å². The Bertz CT molecular complexity index is 585. The Balaban J connectivity index is 1.74. The summed E-state index contributed by atoms with van der Waals surface area (Å²) in [6.07, 6.45) is 6.38. The van der Waals surface area contributed by atoms with Crippen LogP contribution < -0.4 is 0 Å². The van der Waals surface area contributed by atoms with Crippen LogP contribution >= 0.6 is 11.6 Å². The average molecular weight is 307 g/mol. The van der Waals surface area contributed by atoms with Crippen LogP contribution in [0.1, 0.15) is 56.1 Å². The maximum Gasteiger partial charge on any atom is 0.134 e. The molecule has 2 nitrogen and oxygen atoms in total. The highest BCUT2D eigenvalue weighted by Gasteiger charge is 2.54. The predicted molar refractivity (Wildman–Crippen MR) is 83.7 cm³/mol. The molecule has 21 heavy (non-hydrogen) atoms. The molecule has 1 aromatic rings. The number of aliphatic hydroxyl groups is 1. The minimum atomic E-state index is -0.117. The van der Waals surface area contributed by atoms with Gasteiger partial charge in [-0.15, -0.1) is 0 Å². The van der Waals surface area contributed by atoms with Crippen LogP contribution in [0.15, 0.2) is 12.1 Å². The third-order valence-corrected chi connectivity index (χ3v) is 7.20. The Kier molecular flexibility index (Phi) is 3.07. The van der Waals surface area contributed by atoms with Gasteiger partial charge in [0.05, 0.1) is 11.1 Å². The molecule has 0 saturated heterocycles. The van der Waals surface area contributed by atoms with Gasteiger partial charge in [-0.25, -0.2) is 0 Å². The van der Waals surface area contributed by atoms with E-state index in [9.17, 15) is 10.2 Å². The van der Waals surface area contributed by atoms with Gasteiger partial charge in [-0.3, -0.25) is 0 Å². The first-order valence-electron chi connectivity index (χ1n) is 8.20. The van der Waals surface area contributed by atoms with Crippen LogP contribution in [-0.4, -0.2) is 16.3 Å². The molecule has 0 radical (unpaired) electrons. The smallest absolute Gasteiger partial charge is 0.134 e. The van der Waals surface area contributed by atoms with Crippen molar-refractivity contribution in [1.29, 1.82) is 0 Å².